The molecule has 0 aliphatic carbocycles. The molecule has 4 heteroatoms. The van der Waals surface area contributed by atoms with Crippen LogP contribution in [-0.4, -0.2) is 33.0 Å². The lowest BCUT2D eigenvalue weighted by molar-refractivity contribution is -0.127. The average molecular weight is 932 g/mol. The first kappa shape index (κ1) is 50.4. The van der Waals surface area contributed by atoms with Crippen LogP contribution in [0.4, 0.5) is 17.1 Å². The topological polar surface area (TPSA) is 30.9 Å². The van der Waals surface area contributed by atoms with Crippen molar-refractivity contribution in [3.8, 4) is 39.1 Å². The number of anilines is 3. The summed E-state index contributed by atoms with van der Waals surface area (Å²) in [5.41, 5.74) is 16.4. The van der Waals surface area contributed by atoms with Gasteiger partial charge in [-0.15, -0.1) is 0 Å². The zero-order chi connectivity index (χ0) is 48.6. The van der Waals surface area contributed by atoms with Crippen molar-refractivity contribution in [2.45, 2.75) is 117 Å². The minimum atomic E-state index is -0.0336. The number of benzene rings is 7. The van der Waals surface area contributed by atoms with Crippen molar-refractivity contribution >= 4 is 17.1 Å². The van der Waals surface area contributed by atoms with Crippen LogP contribution in [0, 0.1) is 19.3 Å². The maximum absolute atomic E-state index is 6.22. The maximum atomic E-state index is 6.22. The molecule has 0 radical (unpaired) electrons. The molecule has 0 atom stereocenters. The largest absolute Gasteiger partial charge is 0.494 e. The van der Waals surface area contributed by atoms with Crippen LogP contribution in [0.15, 0.2) is 170 Å². The normalized spacial score (nSPS) is 13.2. The Morgan fingerprint density at radius 3 is 1.20 bits per heavy atom. The molecule has 0 amide bonds. The molecule has 0 unspecified atom stereocenters. The molecule has 0 aromatic heterocycles. The Labute approximate surface area is 421 Å². The Hall–Kier alpha value is -5.94. The van der Waals surface area contributed by atoms with E-state index in [-0.39, 0.29) is 5.41 Å². The molecule has 1 heterocycles. The summed E-state index contributed by atoms with van der Waals surface area (Å²) in [6, 6.07) is 62.7. The van der Waals surface area contributed by atoms with E-state index >= 15 is 0 Å². The van der Waals surface area contributed by atoms with E-state index < -0.39 is 0 Å². The van der Waals surface area contributed by atoms with Crippen LogP contribution in [0.3, 0.4) is 0 Å². The summed E-state index contributed by atoms with van der Waals surface area (Å²) in [6.45, 7) is 15.6. The van der Waals surface area contributed by atoms with Gasteiger partial charge in [0.05, 0.1) is 19.8 Å². The molecule has 70 heavy (non-hydrogen) atoms. The number of hydrogen-bond donors (Lipinski definition) is 0. The van der Waals surface area contributed by atoms with Gasteiger partial charge in [0.2, 0.25) is 0 Å². The average Bonchev–Trinajstić information content (AvgIpc) is 3.39. The molecule has 4 nitrogen and oxygen atoms in total. The summed E-state index contributed by atoms with van der Waals surface area (Å²) in [5.74, 6) is 0.922. The van der Waals surface area contributed by atoms with E-state index in [1.165, 1.54) is 107 Å². The van der Waals surface area contributed by atoms with Gasteiger partial charge in [0.1, 0.15) is 5.75 Å². The summed E-state index contributed by atoms with van der Waals surface area (Å²) < 4.78 is 17.6. The quantitative estimate of drug-likeness (QED) is 0.0506. The fraction of sp³-hybridized carbons (Fsp3) is 0.364. The number of unbranched alkanes of at least 4 members (excludes halogenated alkanes) is 7. The van der Waals surface area contributed by atoms with E-state index in [1.54, 1.807) is 0 Å². The molecular formula is C66H77NO3. The fourth-order valence-corrected chi connectivity index (χ4v) is 10.3. The molecule has 0 bridgehead atoms. The van der Waals surface area contributed by atoms with Crippen LogP contribution in [-0.2, 0) is 14.9 Å². The van der Waals surface area contributed by atoms with Gasteiger partial charge in [0.25, 0.3) is 0 Å². The first-order chi connectivity index (χ1) is 34.3. The van der Waals surface area contributed by atoms with Gasteiger partial charge in [-0.25, -0.2) is 0 Å². The predicted molar refractivity (Wildman–Crippen MR) is 296 cm³/mol. The summed E-state index contributed by atoms with van der Waals surface area (Å²) in [4.78, 5) is 2.33. The third-order valence-electron chi connectivity index (χ3n) is 15.3. The van der Waals surface area contributed by atoms with Gasteiger partial charge >= 0.3 is 0 Å². The Balaban J connectivity index is 0.822. The molecule has 8 rings (SSSR count). The Kier molecular flexibility index (Phi) is 17.8. The second-order valence-corrected chi connectivity index (χ2v) is 20.0. The lowest BCUT2D eigenvalue weighted by atomic mass is 9.70. The fourth-order valence-electron chi connectivity index (χ4n) is 10.3. The zero-order valence-corrected chi connectivity index (χ0v) is 42.9. The van der Waals surface area contributed by atoms with Crippen molar-refractivity contribution < 1.29 is 14.2 Å². The third-order valence-corrected chi connectivity index (χ3v) is 15.3. The Morgan fingerprint density at radius 2 is 0.786 bits per heavy atom. The van der Waals surface area contributed by atoms with Crippen molar-refractivity contribution in [2.75, 3.05) is 37.9 Å². The molecule has 7 aromatic rings. The van der Waals surface area contributed by atoms with Gasteiger partial charge in [-0.05, 0) is 145 Å². The number of nitrogens with zero attached hydrogens (tertiary/aromatic N) is 1. The highest BCUT2D eigenvalue weighted by Crippen LogP contribution is 2.41. The molecule has 1 aliphatic rings. The summed E-state index contributed by atoms with van der Waals surface area (Å²) in [7, 11) is 0. The molecular weight excluding hydrogens is 855 g/mol. The third kappa shape index (κ3) is 12.7. The van der Waals surface area contributed by atoms with Gasteiger partial charge in [-0.3, -0.25) is 0 Å². The van der Waals surface area contributed by atoms with Crippen LogP contribution < -0.4 is 9.64 Å². The number of hydrogen-bond acceptors (Lipinski definition) is 4. The molecule has 0 spiro atoms. The standard InChI is InChI=1S/C66H77NO3/c1-6-65(49-69-50-65)45-48-68-46-15-13-11-9-10-12-14-16-47-70-64-43-41-63(42-44-64)67(61-37-19-52(5)20-38-61)62-39-31-58(32-40-62)55-25-23-54(24-26-55)57-29-35-60(36-30-57)66(7-2,8-3)59-33-27-56(28-34-59)53-21-17-51(4)18-22-53/h17-44H,6-16,45-50H2,1-5H3. The van der Waals surface area contributed by atoms with Crippen LogP contribution in [0.1, 0.15) is 120 Å². The first-order valence-corrected chi connectivity index (χ1v) is 26.6. The highest BCUT2D eigenvalue weighted by atomic mass is 16.5. The molecule has 0 saturated carbocycles. The first-order valence-electron chi connectivity index (χ1n) is 26.6. The van der Waals surface area contributed by atoms with Crippen molar-refractivity contribution in [3.63, 3.8) is 0 Å². The SMILES string of the molecule is CCC1(CCOCCCCCCCCCCOc2ccc(N(c3ccc(C)cc3)c3ccc(-c4ccc(-c5ccc(C(CC)(CC)c6ccc(-c7ccc(C)cc7)cc6)cc5)cc4)cc3)cc2)COC1. The minimum Gasteiger partial charge on any atom is -0.494 e. The number of aryl methyl sites for hydroxylation is 2. The van der Waals surface area contributed by atoms with Crippen LogP contribution >= 0.6 is 0 Å². The molecule has 7 aromatic carbocycles. The van der Waals surface area contributed by atoms with Crippen LogP contribution in [0.2, 0.25) is 0 Å². The van der Waals surface area contributed by atoms with Crippen molar-refractivity contribution in [3.05, 3.63) is 192 Å². The molecule has 364 valence electrons. The van der Waals surface area contributed by atoms with E-state index in [9.17, 15) is 0 Å². The van der Waals surface area contributed by atoms with E-state index in [1.807, 2.05) is 0 Å². The Morgan fingerprint density at radius 1 is 0.429 bits per heavy atom. The van der Waals surface area contributed by atoms with E-state index in [0.29, 0.717) is 5.41 Å². The van der Waals surface area contributed by atoms with E-state index in [4.69, 9.17) is 14.2 Å². The summed E-state index contributed by atoms with van der Waals surface area (Å²) >= 11 is 0. The van der Waals surface area contributed by atoms with Crippen LogP contribution in [0.5, 0.6) is 5.75 Å². The second kappa shape index (κ2) is 24.8. The zero-order valence-electron chi connectivity index (χ0n) is 42.9. The van der Waals surface area contributed by atoms with Gasteiger partial charge in [0, 0.05) is 41.1 Å². The monoisotopic (exact) mass is 932 g/mol. The van der Waals surface area contributed by atoms with Crippen molar-refractivity contribution in [2.24, 2.45) is 5.41 Å². The molecule has 1 saturated heterocycles. The van der Waals surface area contributed by atoms with E-state index in [0.717, 1.165) is 81.5 Å². The van der Waals surface area contributed by atoms with Gasteiger partial charge < -0.3 is 19.1 Å². The summed E-state index contributed by atoms with van der Waals surface area (Å²) in [5, 5.41) is 0. The van der Waals surface area contributed by atoms with E-state index in [2.05, 4.69) is 209 Å². The second-order valence-electron chi connectivity index (χ2n) is 20.0. The molecule has 0 N–H and O–H groups in total. The molecule has 1 fully saturated rings. The highest BCUT2D eigenvalue weighted by Gasteiger charge is 2.36. The lowest BCUT2D eigenvalue weighted by Crippen LogP contribution is -2.42. The predicted octanol–water partition coefficient (Wildman–Crippen LogP) is 18.2. The lowest BCUT2D eigenvalue weighted by Gasteiger charge is -2.40. The van der Waals surface area contributed by atoms with Gasteiger partial charge in [0.15, 0.2) is 0 Å². The van der Waals surface area contributed by atoms with Gasteiger partial charge in [-0.2, -0.15) is 0 Å². The number of ether oxygens (including phenoxy) is 3. The van der Waals surface area contributed by atoms with Crippen molar-refractivity contribution in [1.82, 2.24) is 0 Å². The maximum Gasteiger partial charge on any atom is 0.119 e. The molecule has 1 aliphatic heterocycles. The highest BCUT2D eigenvalue weighted by molar-refractivity contribution is 5.79. The van der Waals surface area contributed by atoms with Crippen molar-refractivity contribution in [1.29, 1.82) is 0 Å². The number of rotatable bonds is 26. The smallest absolute Gasteiger partial charge is 0.119 e. The summed E-state index contributed by atoms with van der Waals surface area (Å²) in [6.07, 6.45) is 14.4. The van der Waals surface area contributed by atoms with Gasteiger partial charge in [-0.1, -0.05) is 192 Å². The Bertz CT molecular complexity index is 2600. The van der Waals surface area contributed by atoms with Crippen LogP contribution in [0.25, 0.3) is 33.4 Å². The minimum absolute atomic E-state index is 0.0336.